The number of benzene rings is 2. The summed E-state index contributed by atoms with van der Waals surface area (Å²) in [5, 5.41) is 2.66. The molecule has 31 heavy (non-hydrogen) atoms. The first-order valence-corrected chi connectivity index (χ1v) is 10.4. The molecule has 1 N–H and O–H groups in total. The van der Waals surface area contributed by atoms with E-state index in [9.17, 15) is 14.4 Å². The maximum Gasteiger partial charge on any atom is 0.311 e. The third-order valence-electron chi connectivity index (χ3n) is 5.56. The van der Waals surface area contributed by atoms with Crippen molar-refractivity contribution in [3.63, 3.8) is 0 Å². The van der Waals surface area contributed by atoms with Gasteiger partial charge in [-0.25, -0.2) is 0 Å². The first kappa shape index (κ1) is 22.3. The van der Waals surface area contributed by atoms with Gasteiger partial charge in [0.2, 0.25) is 5.91 Å². The van der Waals surface area contributed by atoms with E-state index >= 15 is 0 Å². The van der Waals surface area contributed by atoms with E-state index < -0.39 is 24.4 Å². The first-order chi connectivity index (χ1) is 14.9. The van der Waals surface area contributed by atoms with Crippen molar-refractivity contribution >= 4 is 29.2 Å². The summed E-state index contributed by atoms with van der Waals surface area (Å²) in [6.45, 7) is 4.04. The minimum atomic E-state index is -0.600. The molecule has 0 spiro atoms. The summed E-state index contributed by atoms with van der Waals surface area (Å²) < 4.78 is 10.4. The molecule has 164 valence electrons. The monoisotopic (exact) mass is 424 g/mol. The zero-order valence-electron chi connectivity index (χ0n) is 18.1. The van der Waals surface area contributed by atoms with Crippen molar-refractivity contribution in [1.29, 1.82) is 0 Å². The lowest BCUT2D eigenvalue weighted by Gasteiger charge is -2.23. The van der Waals surface area contributed by atoms with Crippen LogP contribution in [-0.2, 0) is 19.1 Å². The summed E-state index contributed by atoms with van der Waals surface area (Å²) in [6, 6.07) is 14.7. The highest BCUT2D eigenvalue weighted by molar-refractivity contribution is 6.00. The maximum absolute atomic E-state index is 12.6. The standard InChI is InChI=1S/C24H28N2O5/c1-4-16(2)18-9-5-7-11-20(18)26-14-17(13-23(26)28)24(29)31-15-22(27)25-19-10-6-8-12-21(19)30-3/h5-12,16-17H,4,13-15H2,1-3H3,(H,25,27)/t16-,17-/m0/s1. The largest absolute Gasteiger partial charge is 0.495 e. The number of hydrogen-bond donors (Lipinski definition) is 1. The molecule has 3 rings (SSSR count). The molecule has 1 fully saturated rings. The van der Waals surface area contributed by atoms with Crippen molar-refractivity contribution in [2.75, 3.05) is 30.5 Å². The van der Waals surface area contributed by atoms with Crippen LogP contribution in [0.25, 0.3) is 0 Å². The predicted octanol–water partition coefficient (Wildman–Crippen LogP) is 3.74. The number of anilines is 2. The second-order valence-corrected chi connectivity index (χ2v) is 7.63. The molecule has 0 aliphatic carbocycles. The summed E-state index contributed by atoms with van der Waals surface area (Å²) in [5.74, 6) is -0.922. The number of ether oxygens (including phenoxy) is 2. The molecular weight excluding hydrogens is 396 g/mol. The normalized spacial score (nSPS) is 16.7. The van der Waals surface area contributed by atoms with Gasteiger partial charge in [0, 0.05) is 18.7 Å². The molecule has 1 saturated heterocycles. The number of carbonyl (C=O) groups is 3. The van der Waals surface area contributed by atoms with E-state index in [2.05, 4.69) is 19.2 Å². The lowest BCUT2D eigenvalue weighted by atomic mass is 9.96. The number of esters is 1. The average molecular weight is 424 g/mol. The first-order valence-electron chi connectivity index (χ1n) is 10.4. The van der Waals surface area contributed by atoms with E-state index in [1.807, 2.05) is 24.3 Å². The van der Waals surface area contributed by atoms with Crippen molar-refractivity contribution in [2.45, 2.75) is 32.6 Å². The summed E-state index contributed by atoms with van der Waals surface area (Å²) >= 11 is 0. The average Bonchev–Trinajstić information content (AvgIpc) is 3.18. The quantitative estimate of drug-likeness (QED) is 0.653. The van der Waals surface area contributed by atoms with E-state index in [0.717, 1.165) is 17.7 Å². The molecule has 0 bridgehead atoms. The number of amides is 2. The highest BCUT2D eigenvalue weighted by Gasteiger charge is 2.37. The van der Waals surface area contributed by atoms with Gasteiger partial charge in [0.25, 0.3) is 5.91 Å². The second-order valence-electron chi connectivity index (χ2n) is 7.63. The molecule has 1 aliphatic rings. The van der Waals surface area contributed by atoms with Gasteiger partial charge in [-0.05, 0) is 36.1 Å². The fourth-order valence-corrected chi connectivity index (χ4v) is 3.66. The van der Waals surface area contributed by atoms with E-state index in [4.69, 9.17) is 9.47 Å². The number of methoxy groups -OCH3 is 1. The van der Waals surface area contributed by atoms with Crippen LogP contribution >= 0.6 is 0 Å². The van der Waals surface area contributed by atoms with E-state index in [1.165, 1.54) is 7.11 Å². The van der Waals surface area contributed by atoms with Crippen LogP contribution in [0.5, 0.6) is 5.75 Å². The van der Waals surface area contributed by atoms with Gasteiger partial charge in [0.15, 0.2) is 6.61 Å². The molecule has 7 heteroatoms. The van der Waals surface area contributed by atoms with Gasteiger partial charge >= 0.3 is 5.97 Å². The Hall–Kier alpha value is -3.35. The van der Waals surface area contributed by atoms with Crippen LogP contribution in [0.3, 0.4) is 0 Å². The number of rotatable bonds is 8. The molecule has 0 radical (unpaired) electrons. The molecule has 0 unspecified atom stereocenters. The maximum atomic E-state index is 12.6. The molecule has 2 amide bonds. The van der Waals surface area contributed by atoms with Gasteiger partial charge in [-0.1, -0.05) is 44.2 Å². The molecular formula is C24H28N2O5. The number of nitrogens with one attached hydrogen (secondary N) is 1. The number of carbonyl (C=O) groups excluding carboxylic acids is 3. The number of nitrogens with zero attached hydrogens (tertiary/aromatic N) is 1. The Morgan fingerprint density at radius 2 is 1.87 bits per heavy atom. The fraction of sp³-hybridized carbons (Fsp3) is 0.375. The third kappa shape index (κ3) is 5.23. The molecule has 0 saturated carbocycles. The summed E-state index contributed by atoms with van der Waals surface area (Å²) in [7, 11) is 1.51. The molecule has 0 aromatic heterocycles. The molecule has 2 atom stereocenters. The minimum Gasteiger partial charge on any atom is -0.495 e. The van der Waals surface area contributed by atoms with Gasteiger partial charge in [0.1, 0.15) is 5.75 Å². The molecule has 2 aromatic carbocycles. The van der Waals surface area contributed by atoms with Gasteiger partial charge in [-0.2, -0.15) is 0 Å². The molecule has 1 aliphatic heterocycles. The fourth-order valence-electron chi connectivity index (χ4n) is 3.66. The molecule has 7 nitrogen and oxygen atoms in total. The summed E-state index contributed by atoms with van der Waals surface area (Å²) in [4.78, 5) is 39.0. The van der Waals surface area contributed by atoms with E-state index in [1.54, 1.807) is 29.2 Å². The van der Waals surface area contributed by atoms with Crippen molar-refractivity contribution in [1.82, 2.24) is 0 Å². The van der Waals surface area contributed by atoms with Gasteiger partial charge in [-0.15, -0.1) is 0 Å². The highest BCUT2D eigenvalue weighted by atomic mass is 16.5. The minimum absolute atomic E-state index is 0.0712. The van der Waals surface area contributed by atoms with Crippen LogP contribution in [0.1, 0.15) is 38.2 Å². The molecule has 2 aromatic rings. The topological polar surface area (TPSA) is 84.9 Å². The van der Waals surface area contributed by atoms with Crippen LogP contribution in [-0.4, -0.2) is 38.0 Å². The van der Waals surface area contributed by atoms with Crippen molar-refractivity contribution in [3.05, 3.63) is 54.1 Å². The zero-order valence-corrected chi connectivity index (χ0v) is 18.1. The van der Waals surface area contributed by atoms with Crippen LogP contribution in [0, 0.1) is 5.92 Å². The van der Waals surface area contributed by atoms with E-state index in [0.29, 0.717) is 17.4 Å². The number of hydrogen-bond acceptors (Lipinski definition) is 5. The zero-order chi connectivity index (χ0) is 22.4. The Balaban J connectivity index is 1.59. The summed E-state index contributed by atoms with van der Waals surface area (Å²) in [5.41, 5.74) is 2.42. The predicted molar refractivity (Wildman–Crippen MR) is 118 cm³/mol. The van der Waals surface area contributed by atoms with E-state index in [-0.39, 0.29) is 18.9 Å². The van der Waals surface area contributed by atoms with Crippen LogP contribution in [0.2, 0.25) is 0 Å². The Labute approximate surface area is 182 Å². The smallest absolute Gasteiger partial charge is 0.311 e. The Morgan fingerprint density at radius 1 is 1.16 bits per heavy atom. The van der Waals surface area contributed by atoms with Crippen molar-refractivity contribution in [3.8, 4) is 5.75 Å². The highest BCUT2D eigenvalue weighted by Crippen LogP contribution is 2.33. The van der Waals surface area contributed by atoms with Gasteiger partial charge < -0.3 is 19.7 Å². The Bertz CT molecular complexity index is 958. The van der Waals surface area contributed by atoms with Crippen molar-refractivity contribution in [2.24, 2.45) is 5.92 Å². The lowest BCUT2D eigenvalue weighted by Crippen LogP contribution is -2.29. The van der Waals surface area contributed by atoms with Crippen LogP contribution < -0.4 is 15.0 Å². The molecule has 1 heterocycles. The third-order valence-corrected chi connectivity index (χ3v) is 5.56. The van der Waals surface area contributed by atoms with Crippen LogP contribution in [0.4, 0.5) is 11.4 Å². The summed E-state index contributed by atoms with van der Waals surface area (Å²) in [6.07, 6.45) is 1.02. The van der Waals surface area contributed by atoms with Crippen LogP contribution in [0.15, 0.2) is 48.5 Å². The lowest BCUT2D eigenvalue weighted by molar-refractivity contribution is -0.151. The second kappa shape index (κ2) is 10.1. The SMILES string of the molecule is CC[C@H](C)c1ccccc1N1C[C@@H](C(=O)OCC(=O)Nc2ccccc2OC)CC1=O. The van der Waals surface area contributed by atoms with Gasteiger partial charge in [-0.3, -0.25) is 14.4 Å². The Kier molecular flexibility index (Phi) is 7.28. The van der Waals surface area contributed by atoms with Gasteiger partial charge in [0.05, 0.1) is 18.7 Å². The van der Waals surface area contributed by atoms with Crippen molar-refractivity contribution < 1.29 is 23.9 Å². The Morgan fingerprint density at radius 3 is 2.61 bits per heavy atom. The number of para-hydroxylation sites is 3.